The number of nitro groups is 1. The number of rotatable bonds is 1. The minimum atomic E-state index is -1.40. The lowest BCUT2D eigenvalue weighted by molar-refractivity contribution is -0.611. The van der Waals surface area contributed by atoms with Gasteiger partial charge in [0.25, 0.3) is 0 Å². The molecule has 2 atom stereocenters. The molecule has 1 heterocycles. The number of ether oxygens (including phenoxy) is 1. The van der Waals surface area contributed by atoms with Crippen LogP contribution in [-0.2, 0) is 4.74 Å². The summed E-state index contributed by atoms with van der Waals surface area (Å²) in [6.07, 6.45) is -2.79. The van der Waals surface area contributed by atoms with Crippen LogP contribution in [0.1, 0.15) is 0 Å². The Kier molecular flexibility index (Phi) is 1.13. The normalized spacial score (nSPS) is 36.1. The van der Waals surface area contributed by atoms with Crippen molar-refractivity contribution in [3.63, 3.8) is 0 Å². The molecule has 1 fully saturated rings. The van der Waals surface area contributed by atoms with Gasteiger partial charge in [-0.3, -0.25) is 10.1 Å². The molecule has 5 heteroatoms. The van der Waals surface area contributed by atoms with Crippen LogP contribution >= 0.6 is 0 Å². The Hall–Kier alpha value is -0.710. The van der Waals surface area contributed by atoms with Gasteiger partial charge in [-0.15, -0.1) is 0 Å². The maximum Gasteiger partial charge on any atom is 0.349 e. The van der Waals surface area contributed by atoms with E-state index in [2.05, 4.69) is 4.74 Å². The fourth-order valence-electron chi connectivity index (χ4n) is 0.448. The van der Waals surface area contributed by atoms with E-state index in [9.17, 15) is 14.5 Å². The smallest absolute Gasteiger partial charge is 0.311 e. The van der Waals surface area contributed by atoms with Gasteiger partial charge in [0.1, 0.15) is 0 Å². The fraction of sp³-hybridized carbons (Fsp3) is 1.00. The molecule has 0 N–H and O–H groups in total. The van der Waals surface area contributed by atoms with Crippen molar-refractivity contribution in [1.82, 2.24) is 0 Å². The largest absolute Gasteiger partial charge is 0.349 e. The lowest BCUT2D eigenvalue weighted by Crippen LogP contribution is -2.46. The van der Waals surface area contributed by atoms with Crippen LogP contribution in [0.3, 0.4) is 0 Å². The van der Waals surface area contributed by atoms with E-state index in [1.54, 1.807) is 0 Å². The summed E-state index contributed by atoms with van der Waals surface area (Å²) in [5, 5.41) is 9.63. The molecular formula is C3H4FNO3. The summed E-state index contributed by atoms with van der Waals surface area (Å²) in [5.74, 6) is 0. The molecule has 1 aliphatic rings. The summed E-state index contributed by atoms with van der Waals surface area (Å²) >= 11 is 0. The first-order valence-corrected chi connectivity index (χ1v) is 2.11. The van der Waals surface area contributed by atoms with E-state index in [0.29, 0.717) is 0 Å². The lowest BCUT2D eigenvalue weighted by Gasteiger charge is -2.22. The number of hydrogen-bond donors (Lipinski definition) is 0. The highest BCUT2D eigenvalue weighted by molar-refractivity contribution is 4.67. The zero-order valence-corrected chi connectivity index (χ0v) is 3.91. The van der Waals surface area contributed by atoms with Crippen molar-refractivity contribution in [2.45, 2.75) is 12.4 Å². The molecule has 4 nitrogen and oxygen atoms in total. The van der Waals surface area contributed by atoms with Crippen molar-refractivity contribution in [2.24, 2.45) is 0 Å². The van der Waals surface area contributed by atoms with Crippen molar-refractivity contribution in [1.29, 1.82) is 0 Å². The summed E-state index contributed by atoms with van der Waals surface area (Å²) in [6, 6.07) is 0. The molecule has 0 aromatic heterocycles. The molecule has 0 aliphatic carbocycles. The van der Waals surface area contributed by atoms with Gasteiger partial charge in [-0.1, -0.05) is 0 Å². The molecule has 1 saturated heterocycles. The Bertz CT molecular complexity index is 117. The number of hydrogen-bond acceptors (Lipinski definition) is 3. The molecule has 0 saturated carbocycles. The van der Waals surface area contributed by atoms with Gasteiger partial charge in [-0.25, -0.2) is 4.39 Å². The Labute approximate surface area is 44.4 Å². The molecule has 0 radical (unpaired) electrons. The molecule has 0 aromatic rings. The quantitative estimate of drug-likeness (QED) is 0.361. The molecule has 1 rings (SSSR count). The number of nitrogens with zero attached hydrogens (tertiary/aromatic N) is 1. The van der Waals surface area contributed by atoms with Gasteiger partial charge in [0.05, 0.1) is 11.5 Å². The van der Waals surface area contributed by atoms with Crippen LogP contribution in [0.15, 0.2) is 0 Å². The molecule has 8 heavy (non-hydrogen) atoms. The van der Waals surface area contributed by atoms with Crippen LogP contribution in [0.25, 0.3) is 0 Å². The van der Waals surface area contributed by atoms with Crippen molar-refractivity contribution >= 4 is 0 Å². The van der Waals surface area contributed by atoms with E-state index in [0.717, 1.165) is 0 Å². The fourth-order valence-corrected chi connectivity index (χ4v) is 0.448. The van der Waals surface area contributed by atoms with Crippen LogP contribution in [0.2, 0.25) is 0 Å². The number of halogens is 1. The minimum Gasteiger partial charge on any atom is -0.311 e. The third-order valence-electron chi connectivity index (χ3n) is 0.943. The second-order valence-electron chi connectivity index (χ2n) is 1.53. The van der Waals surface area contributed by atoms with E-state index in [1.165, 1.54) is 0 Å². The van der Waals surface area contributed by atoms with Crippen LogP contribution in [0.5, 0.6) is 0 Å². The predicted molar refractivity (Wildman–Crippen MR) is 21.6 cm³/mol. The molecular weight excluding hydrogens is 117 g/mol. The van der Waals surface area contributed by atoms with Gasteiger partial charge < -0.3 is 4.74 Å². The Morgan fingerprint density at radius 2 is 2.50 bits per heavy atom. The van der Waals surface area contributed by atoms with E-state index >= 15 is 0 Å². The average Bonchev–Trinajstić information content (AvgIpc) is 1.61. The van der Waals surface area contributed by atoms with Crippen molar-refractivity contribution < 1.29 is 14.1 Å². The van der Waals surface area contributed by atoms with Gasteiger partial charge in [-0.05, 0) is 0 Å². The molecule has 0 bridgehead atoms. The average molecular weight is 121 g/mol. The van der Waals surface area contributed by atoms with E-state index in [1.807, 2.05) is 0 Å². The third kappa shape index (κ3) is 0.645. The zero-order chi connectivity index (χ0) is 6.15. The standard InChI is InChI=1S/C3H4FNO3/c4-2-1-8-3(2)5(6)7/h2-3H,1H2. The van der Waals surface area contributed by atoms with Crippen molar-refractivity contribution in [3.8, 4) is 0 Å². The molecule has 46 valence electrons. The van der Waals surface area contributed by atoms with E-state index in [-0.39, 0.29) is 6.61 Å². The summed E-state index contributed by atoms with van der Waals surface area (Å²) in [7, 11) is 0. The summed E-state index contributed by atoms with van der Waals surface area (Å²) in [5.41, 5.74) is 0. The molecule has 1 aliphatic heterocycles. The highest BCUT2D eigenvalue weighted by Gasteiger charge is 2.42. The second-order valence-corrected chi connectivity index (χ2v) is 1.53. The molecule has 0 amide bonds. The Morgan fingerprint density at radius 3 is 2.50 bits per heavy atom. The Morgan fingerprint density at radius 1 is 1.88 bits per heavy atom. The highest BCUT2D eigenvalue weighted by atomic mass is 19.1. The summed E-state index contributed by atoms with van der Waals surface area (Å²) < 4.78 is 16.1. The lowest BCUT2D eigenvalue weighted by atomic mass is 10.3. The third-order valence-corrected chi connectivity index (χ3v) is 0.943. The molecule has 0 spiro atoms. The predicted octanol–water partition coefficient (Wildman–Crippen LogP) is -0.0425. The first-order valence-electron chi connectivity index (χ1n) is 2.11. The van der Waals surface area contributed by atoms with Crippen LogP contribution in [-0.4, -0.2) is 23.9 Å². The monoisotopic (exact) mass is 121 g/mol. The van der Waals surface area contributed by atoms with Crippen molar-refractivity contribution in [3.05, 3.63) is 10.1 Å². The van der Waals surface area contributed by atoms with Crippen molar-refractivity contribution in [2.75, 3.05) is 6.61 Å². The van der Waals surface area contributed by atoms with Crippen LogP contribution in [0, 0.1) is 10.1 Å². The maximum absolute atomic E-state index is 11.9. The second kappa shape index (κ2) is 1.66. The first kappa shape index (κ1) is 5.43. The SMILES string of the molecule is O=[N+]([O-])C1OCC1F. The molecule has 2 unspecified atom stereocenters. The van der Waals surface area contributed by atoms with E-state index < -0.39 is 17.3 Å². The Balaban J connectivity index is 2.37. The zero-order valence-electron chi connectivity index (χ0n) is 3.91. The van der Waals surface area contributed by atoms with Crippen LogP contribution < -0.4 is 0 Å². The van der Waals surface area contributed by atoms with Crippen LogP contribution in [0.4, 0.5) is 4.39 Å². The maximum atomic E-state index is 11.9. The van der Waals surface area contributed by atoms with Gasteiger partial charge in [0, 0.05) is 0 Å². The van der Waals surface area contributed by atoms with Gasteiger partial charge in [-0.2, -0.15) is 0 Å². The van der Waals surface area contributed by atoms with E-state index in [4.69, 9.17) is 0 Å². The van der Waals surface area contributed by atoms with Gasteiger partial charge in [0.2, 0.25) is 6.17 Å². The van der Waals surface area contributed by atoms with Gasteiger partial charge in [0.15, 0.2) is 0 Å². The summed E-state index contributed by atoms with van der Waals surface area (Å²) in [4.78, 5) is 8.86. The minimum absolute atomic E-state index is 0.133. The molecule has 0 aromatic carbocycles. The summed E-state index contributed by atoms with van der Waals surface area (Å²) in [6.45, 7) is -0.133. The topological polar surface area (TPSA) is 52.4 Å². The number of alkyl halides is 1. The first-order chi connectivity index (χ1) is 3.72. The highest BCUT2D eigenvalue weighted by Crippen LogP contribution is 2.15. The van der Waals surface area contributed by atoms with Gasteiger partial charge >= 0.3 is 6.23 Å².